The fraction of sp³-hybridized carbons (Fsp3) is 0.375. The number of carbonyl (C=O) groups is 2. The first-order valence-corrected chi connectivity index (χ1v) is 8.57. The lowest BCUT2D eigenvalue weighted by Crippen LogP contribution is -2.48. The topological polar surface area (TPSA) is 119 Å². The number of rotatable bonds is 5. The Balaban J connectivity index is 1.80. The SMILES string of the molecule is O=C(NC(C(=O)O)C1CCCOC1)c1cc2cc([N+](=O)[O-])ccc2s1. The molecule has 2 atom stereocenters. The molecule has 0 aliphatic carbocycles. The number of hydrogen-bond donors (Lipinski definition) is 2. The van der Waals surface area contributed by atoms with Crippen molar-refractivity contribution in [1.29, 1.82) is 0 Å². The van der Waals surface area contributed by atoms with Crippen LogP contribution in [0.1, 0.15) is 22.5 Å². The molecular formula is C16H16N2O6S. The quantitative estimate of drug-likeness (QED) is 0.621. The number of nitro groups is 1. The number of benzene rings is 1. The molecule has 2 heterocycles. The monoisotopic (exact) mass is 364 g/mol. The zero-order valence-electron chi connectivity index (χ0n) is 13.1. The lowest BCUT2D eigenvalue weighted by Gasteiger charge is -2.27. The lowest BCUT2D eigenvalue weighted by atomic mass is 9.93. The predicted octanol–water partition coefficient (Wildman–Crippen LogP) is 2.42. The van der Waals surface area contributed by atoms with Crippen molar-refractivity contribution in [3.63, 3.8) is 0 Å². The molecule has 9 heteroatoms. The maximum Gasteiger partial charge on any atom is 0.326 e. The maximum atomic E-state index is 12.5. The van der Waals surface area contributed by atoms with Crippen molar-refractivity contribution in [2.45, 2.75) is 18.9 Å². The van der Waals surface area contributed by atoms with Gasteiger partial charge in [-0.25, -0.2) is 4.79 Å². The number of carbonyl (C=O) groups excluding carboxylic acids is 1. The Morgan fingerprint density at radius 2 is 2.20 bits per heavy atom. The van der Waals surface area contributed by atoms with Crippen LogP contribution in [0.15, 0.2) is 24.3 Å². The summed E-state index contributed by atoms with van der Waals surface area (Å²) in [6.07, 6.45) is 1.44. The molecule has 0 spiro atoms. The van der Waals surface area contributed by atoms with Gasteiger partial charge in [0, 0.05) is 34.7 Å². The van der Waals surface area contributed by atoms with E-state index in [0.29, 0.717) is 29.9 Å². The molecule has 0 saturated carbocycles. The summed E-state index contributed by atoms with van der Waals surface area (Å²) in [6.45, 7) is 0.905. The largest absolute Gasteiger partial charge is 0.480 e. The molecular weight excluding hydrogens is 348 g/mol. The van der Waals surface area contributed by atoms with Crippen LogP contribution in [-0.4, -0.2) is 41.2 Å². The van der Waals surface area contributed by atoms with Gasteiger partial charge in [-0.05, 0) is 25.0 Å². The Morgan fingerprint density at radius 1 is 1.40 bits per heavy atom. The van der Waals surface area contributed by atoms with Crippen molar-refractivity contribution in [2.24, 2.45) is 5.92 Å². The number of ether oxygens (including phenoxy) is 1. The molecule has 3 rings (SSSR count). The fourth-order valence-corrected chi connectivity index (χ4v) is 3.82. The molecule has 1 fully saturated rings. The number of nitrogens with zero attached hydrogens (tertiary/aromatic N) is 1. The van der Waals surface area contributed by atoms with E-state index < -0.39 is 22.8 Å². The van der Waals surface area contributed by atoms with Crippen molar-refractivity contribution in [3.8, 4) is 0 Å². The third-order valence-electron chi connectivity index (χ3n) is 4.15. The summed E-state index contributed by atoms with van der Waals surface area (Å²) < 4.78 is 6.03. The number of thiophene rings is 1. The van der Waals surface area contributed by atoms with Gasteiger partial charge in [0.25, 0.3) is 11.6 Å². The first-order chi connectivity index (χ1) is 12.0. The third-order valence-corrected chi connectivity index (χ3v) is 5.27. The Morgan fingerprint density at radius 3 is 2.84 bits per heavy atom. The van der Waals surface area contributed by atoms with Gasteiger partial charge < -0.3 is 15.2 Å². The second-order valence-corrected chi connectivity index (χ2v) is 6.94. The lowest BCUT2D eigenvalue weighted by molar-refractivity contribution is -0.384. The molecule has 1 aliphatic rings. The van der Waals surface area contributed by atoms with Crippen molar-refractivity contribution in [3.05, 3.63) is 39.3 Å². The van der Waals surface area contributed by atoms with Gasteiger partial charge in [0.15, 0.2) is 0 Å². The highest BCUT2D eigenvalue weighted by Crippen LogP contribution is 2.29. The number of nitrogens with one attached hydrogen (secondary N) is 1. The minimum atomic E-state index is -1.10. The minimum absolute atomic E-state index is 0.0555. The molecule has 1 saturated heterocycles. The van der Waals surface area contributed by atoms with Crippen LogP contribution in [0.25, 0.3) is 10.1 Å². The number of amides is 1. The fourth-order valence-electron chi connectivity index (χ4n) is 2.88. The van der Waals surface area contributed by atoms with E-state index in [1.54, 1.807) is 12.1 Å². The van der Waals surface area contributed by atoms with Crippen LogP contribution in [0.3, 0.4) is 0 Å². The van der Waals surface area contributed by atoms with Crippen LogP contribution in [0.4, 0.5) is 5.69 Å². The Hall–Kier alpha value is -2.52. The molecule has 1 aromatic heterocycles. The standard InChI is InChI=1S/C16H16N2O6S/c19-15(17-14(16(20)21)9-2-1-5-24-8-9)13-7-10-6-11(18(22)23)3-4-12(10)25-13/h3-4,6-7,9,14H,1-2,5,8H2,(H,17,19)(H,20,21). The van der Waals surface area contributed by atoms with Crippen LogP contribution >= 0.6 is 11.3 Å². The van der Waals surface area contributed by atoms with Gasteiger partial charge in [0.2, 0.25) is 0 Å². The average molecular weight is 364 g/mol. The van der Waals surface area contributed by atoms with Gasteiger partial charge in [-0.15, -0.1) is 11.3 Å². The van der Waals surface area contributed by atoms with E-state index in [9.17, 15) is 24.8 Å². The molecule has 25 heavy (non-hydrogen) atoms. The Bertz CT molecular complexity index is 827. The number of carboxylic acids is 1. The summed E-state index contributed by atoms with van der Waals surface area (Å²) in [5, 5.41) is 23.4. The van der Waals surface area contributed by atoms with E-state index in [-0.39, 0.29) is 11.6 Å². The van der Waals surface area contributed by atoms with E-state index in [2.05, 4.69) is 5.32 Å². The van der Waals surface area contributed by atoms with Crippen LogP contribution in [0.5, 0.6) is 0 Å². The summed E-state index contributed by atoms with van der Waals surface area (Å²) in [5.41, 5.74) is -0.0555. The molecule has 0 radical (unpaired) electrons. The molecule has 1 aromatic carbocycles. The molecule has 1 amide bonds. The minimum Gasteiger partial charge on any atom is -0.480 e. The predicted molar refractivity (Wildman–Crippen MR) is 90.9 cm³/mol. The highest BCUT2D eigenvalue weighted by Gasteiger charge is 2.32. The van der Waals surface area contributed by atoms with E-state index in [4.69, 9.17) is 4.74 Å². The van der Waals surface area contributed by atoms with Crippen molar-refractivity contribution >= 4 is 39.0 Å². The number of hydrogen-bond acceptors (Lipinski definition) is 6. The highest BCUT2D eigenvalue weighted by molar-refractivity contribution is 7.20. The molecule has 2 N–H and O–H groups in total. The number of carboxylic acid groups (broad SMARTS) is 1. The summed E-state index contributed by atoms with van der Waals surface area (Å²) in [4.78, 5) is 34.6. The van der Waals surface area contributed by atoms with E-state index in [0.717, 1.165) is 11.1 Å². The number of non-ortho nitro benzene ring substituents is 1. The summed E-state index contributed by atoms with van der Waals surface area (Å²) >= 11 is 1.17. The van der Waals surface area contributed by atoms with Gasteiger partial charge >= 0.3 is 5.97 Å². The normalized spacial score (nSPS) is 18.6. The summed E-state index contributed by atoms with van der Waals surface area (Å²) in [7, 11) is 0. The third kappa shape index (κ3) is 3.77. The highest BCUT2D eigenvalue weighted by atomic mass is 32.1. The average Bonchev–Trinajstić information content (AvgIpc) is 3.03. The van der Waals surface area contributed by atoms with Crippen molar-refractivity contribution < 1.29 is 24.4 Å². The van der Waals surface area contributed by atoms with Gasteiger partial charge in [-0.1, -0.05) is 0 Å². The maximum absolute atomic E-state index is 12.5. The molecule has 2 unspecified atom stereocenters. The second-order valence-electron chi connectivity index (χ2n) is 5.86. The van der Waals surface area contributed by atoms with Gasteiger partial charge in [-0.3, -0.25) is 14.9 Å². The molecule has 0 bridgehead atoms. The van der Waals surface area contributed by atoms with E-state index in [1.807, 2.05) is 0 Å². The van der Waals surface area contributed by atoms with Crippen LogP contribution < -0.4 is 5.32 Å². The zero-order valence-corrected chi connectivity index (χ0v) is 14.0. The first kappa shape index (κ1) is 17.3. The Labute approximate surface area is 146 Å². The van der Waals surface area contributed by atoms with Gasteiger partial charge in [0.05, 0.1) is 16.4 Å². The smallest absolute Gasteiger partial charge is 0.326 e. The van der Waals surface area contributed by atoms with Crippen molar-refractivity contribution in [2.75, 3.05) is 13.2 Å². The zero-order chi connectivity index (χ0) is 18.0. The van der Waals surface area contributed by atoms with E-state index >= 15 is 0 Å². The van der Waals surface area contributed by atoms with Gasteiger partial charge in [0.1, 0.15) is 6.04 Å². The molecule has 8 nitrogen and oxygen atoms in total. The Kier molecular flexibility index (Phi) is 4.95. The first-order valence-electron chi connectivity index (χ1n) is 7.75. The number of fused-ring (bicyclic) bond motifs is 1. The number of nitro benzene ring substituents is 1. The summed E-state index contributed by atoms with van der Waals surface area (Å²) in [6, 6.07) is 4.87. The second kappa shape index (κ2) is 7.16. The van der Waals surface area contributed by atoms with Crippen LogP contribution in [-0.2, 0) is 9.53 Å². The van der Waals surface area contributed by atoms with Crippen LogP contribution in [0.2, 0.25) is 0 Å². The molecule has 2 aromatic rings. The van der Waals surface area contributed by atoms with Crippen molar-refractivity contribution in [1.82, 2.24) is 5.32 Å². The van der Waals surface area contributed by atoms with Gasteiger partial charge in [-0.2, -0.15) is 0 Å². The molecule has 1 aliphatic heterocycles. The van der Waals surface area contributed by atoms with Crippen LogP contribution in [0, 0.1) is 16.0 Å². The van der Waals surface area contributed by atoms with E-state index in [1.165, 1.54) is 23.5 Å². The summed E-state index contributed by atoms with van der Waals surface area (Å²) in [5.74, 6) is -1.87. The molecule has 132 valence electrons. The number of aliphatic carboxylic acids is 1.